The highest BCUT2D eigenvalue weighted by atomic mass is 16.2. The maximum Gasteiger partial charge on any atom is 0.264 e. The average Bonchev–Trinajstić information content (AvgIpc) is 2.38. The van der Waals surface area contributed by atoms with Gasteiger partial charge in [0.15, 0.2) is 0 Å². The van der Waals surface area contributed by atoms with Gasteiger partial charge in [-0.25, -0.2) is 5.10 Å². The molecule has 0 spiro atoms. The Hall–Kier alpha value is -2.43. The summed E-state index contributed by atoms with van der Waals surface area (Å²) in [5.41, 5.74) is 1.18. The van der Waals surface area contributed by atoms with Crippen LogP contribution in [0.15, 0.2) is 41.2 Å². The second-order valence-electron chi connectivity index (χ2n) is 4.06. The quantitative estimate of drug-likeness (QED) is 0.860. The largest absolute Gasteiger partial charge is 0.345 e. The van der Waals surface area contributed by atoms with Crippen molar-refractivity contribution in [3.63, 3.8) is 0 Å². The molecule has 0 saturated carbocycles. The molecule has 5 nitrogen and oxygen atoms in total. The minimum atomic E-state index is -0.389. The number of H-pyrrole nitrogens is 1. The fraction of sp³-hybridized carbons (Fsp3) is 0.154. The number of nitrogens with one attached hydrogen (secondary N) is 1. The Morgan fingerprint density at radius 1 is 1.22 bits per heavy atom. The molecule has 1 amide bonds. The number of hydrogen-bond donors (Lipinski definition) is 1. The summed E-state index contributed by atoms with van der Waals surface area (Å²) in [7, 11) is 3.27. The van der Waals surface area contributed by atoms with Gasteiger partial charge in [0.05, 0.1) is 5.56 Å². The third-order valence-corrected chi connectivity index (χ3v) is 2.49. The van der Waals surface area contributed by atoms with Crippen molar-refractivity contribution in [2.24, 2.45) is 0 Å². The molecule has 5 heteroatoms. The Bertz CT molecular complexity index is 618. The zero-order valence-corrected chi connectivity index (χ0v) is 10.2. The van der Waals surface area contributed by atoms with Crippen LogP contribution in [0.5, 0.6) is 0 Å². The second kappa shape index (κ2) is 4.83. The van der Waals surface area contributed by atoms with Gasteiger partial charge < -0.3 is 4.90 Å². The number of aromatic amines is 1. The molecule has 1 aromatic carbocycles. The Kier molecular flexibility index (Phi) is 3.23. The van der Waals surface area contributed by atoms with Crippen molar-refractivity contribution < 1.29 is 4.79 Å². The van der Waals surface area contributed by atoms with Crippen molar-refractivity contribution in [2.45, 2.75) is 0 Å². The SMILES string of the molecule is CN(C)C(=O)c1cc(=O)[nH]nc1-c1ccccc1. The van der Waals surface area contributed by atoms with E-state index in [1.165, 1.54) is 11.0 Å². The number of carbonyl (C=O) groups excluding carboxylic acids is 1. The summed E-state index contributed by atoms with van der Waals surface area (Å²) in [6.07, 6.45) is 0. The molecule has 1 heterocycles. The average molecular weight is 243 g/mol. The first-order chi connectivity index (χ1) is 8.59. The Labute approximate surface area is 104 Å². The molecule has 0 atom stereocenters. The maximum absolute atomic E-state index is 12.0. The molecule has 2 rings (SSSR count). The fourth-order valence-electron chi connectivity index (χ4n) is 1.62. The first-order valence-corrected chi connectivity index (χ1v) is 5.46. The molecular formula is C13H13N3O2. The van der Waals surface area contributed by atoms with Crippen molar-refractivity contribution in [3.8, 4) is 11.3 Å². The van der Waals surface area contributed by atoms with Crippen LogP contribution in [-0.4, -0.2) is 35.1 Å². The van der Waals surface area contributed by atoms with Crippen LogP contribution < -0.4 is 5.56 Å². The Balaban J connectivity index is 2.61. The molecule has 0 saturated heterocycles. The lowest BCUT2D eigenvalue weighted by atomic mass is 10.1. The molecular weight excluding hydrogens is 230 g/mol. The first-order valence-electron chi connectivity index (χ1n) is 5.46. The van der Waals surface area contributed by atoms with Crippen molar-refractivity contribution in [2.75, 3.05) is 14.1 Å². The van der Waals surface area contributed by atoms with Gasteiger partial charge in [-0.1, -0.05) is 30.3 Å². The van der Waals surface area contributed by atoms with E-state index in [4.69, 9.17) is 0 Å². The smallest absolute Gasteiger partial charge is 0.264 e. The number of carbonyl (C=O) groups is 1. The first kappa shape index (κ1) is 12.0. The van der Waals surface area contributed by atoms with E-state index in [-0.39, 0.29) is 11.5 Å². The summed E-state index contributed by atoms with van der Waals surface area (Å²) < 4.78 is 0. The van der Waals surface area contributed by atoms with E-state index in [9.17, 15) is 9.59 Å². The summed E-state index contributed by atoms with van der Waals surface area (Å²) in [6.45, 7) is 0. The summed E-state index contributed by atoms with van der Waals surface area (Å²) >= 11 is 0. The van der Waals surface area contributed by atoms with Crippen LogP contribution in [0.25, 0.3) is 11.3 Å². The molecule has 0 aliphatic carbocycles. The number of benzene rings is 1. The Morgan fingerprint density at radius 2 is 1.89 bits per heavy atom. The van der Waals surface area contributed by atoms with Crippen molar-refractivity contribution in [1.29, 1.82) is 0 Å². The summed E-state index contributed by atoms with van der Waals surface area (Å²) in [5, 5.41) is 6.32. The molecule has 0 aliphatic heterocycles. The van der Waals surface area contributed by atoms with Gasteiger partial charge in [0.1, 0.15) is 5.69 Å². The van der Waals surface area contributed by atoms with Gasteiger partial charge in [-0.15, -0.1) is 0 Å². The summed E-state index contributed by atoms with van der Waals surface area (Å²) in [5.74, 6) is -0.243. The molecule has 92 valence electrons. The zero-order chi connectivity index (χ0) is 13.1. The van der Waals surface area contributed by atoms with E-state index >= 15 is 0 Å². The van der Waals surface area contributed by atoms with E-state index in [0.29, 0.717) is 11.3 Å². The van der Waals surface area contributed by atoms with Crippen LogP contribution >= 0.6 is 0 Å². The fourth-order valence-corrected chi connectivity index (χ4v) is 1.62. The normalized spacial score (nSPS) is 10.1. The van der Waals surface area contributed by atoms with Crippen LogP contribution in [0, 0.1) is 0 Å². The minimum Gasteiger partial charge on any atom is -0.345 e. The van der Waals surface area contributed by atoms with Gasteiger partial charge in [0.2, 0.25) is 0 Å². The van der Waals surface area contributed by atoms with E-state index in [0.717, 1.165) is 5.56 Å². The molecule has 0 aliphatic rings. The van der Waals surface area contributed by atoms with Crippen molar-refractivity contribution in [3.05, 3.63) is 52.3 Å². The van der Waals surface area contributed by atoms with Gasteiger partial charge in [-0.05, 0) is 0 Å². The lowest BCUT2D eigenvalue weighted by Gasteiger charge is -2.12. The van der Waals surface area contributed by atoms with E-state index in [2.05, 4.69) is 10.2 Å². The molecule has 2 aromatic rings. The van der Waals surface area contributed by atoms with Crippen molar-refractivity contribution in [1.82, 2.24) is 15.1 Å². The van der Waals surface area contributed by atoms with Crippen molar-refractivity contribution >= 4 is 5.91 Å². The lowest BCUT2D eigenvalue weighted by Crippen LogP contribution is -2.25. The van der Waals surface area contributed by atoms with Gasteiger partial charge in [0.25, 0.3) is 11.5 Å². The molecule has 0 fully saturated rings. The third kappa shape index (κ3) is 2.29. The van der Waals surface area contributed by atoms with E-state index in [1.807, 2.05) is 30.3 Å². The highest BCUT2D eigenvalue weighted by Crippen LogP contribution is 2.19. The summed E-state index contributed by atoms with van der Waals surface area (Å²) in [6, 6.07) is 10.5. The number of aromatic nitrogens is 2. The van der Waals surface area contributed by atoms with Crippen LogP contribution in [0.3, 0.4) is 0 Å². The number of rotatable bonds is 2. The van der Waals surface area contributed by atoms with Crippen LogP contribution in [0.1, 0.15) is 10.4 Å². The van der Waals surface area contributed by atoms with Crippen LogP contribution in [-0.2, 0) is 0 Å². The van der Waals surface area contributed by atoms with E-state index in [1.54, 1.807) is 14.1 Å². The number of amides is 1. The van der Waals surface area contributed by atoms with Gasteiger partial charge >= 0.3 is 0 Å². The zero-order valence-electron chi connectivity index (χ0n) is 10.2. The van der Waals surface area contributed by atoms with Crippen LogP contribution in [0.2, 0.25) is 0 Å². The molecule has 0 bridgehead atoms. The highest BCUT2D eigenvalue weighted by Gasteiger charge is 2.16. The molecule has 1 N–H and O–H groups in total. The second-order valence-corrected chi connectivity index (χ2v) is 4.06. The molecule has 18 heavy (non-hydrogen) atoms. The molecule has 0 unspecified atom stereocenters. The summed E-state index contributed by atoms with van der Waals surface area (Å²) in [4.78, 5) is 24.8. The van der Waals surface area contributed by atoms with Gasteiger partial charge in [0, 0.05) is 25.7 Å². The third-order valence-electron chi connectivity index (χ3n) is 2.49. The highest BCUT2D eigenvalue weighted by molar-refractivity contribution is 5.99. The Morgan fingerprint density at radius 3 is 2.50 bits per heavy atom. The minimum absolute atomic E-state index is 0.243. The predicted molar refractivity (Wildman–Crippen MR) is 68.3 cm³/mol. The van der Waals surface area contributed by atoms with Crippen LogP contribution in [0.4, 0.5) is 0 Å². The van der Waals surface area contributed by atoms with Gasteiger partial charge in [-0.3, -0.25) is 9.59 Å². The number of nitrogens with zero attached hydrogens (tertiary/aromatic N) is 2. The lowest BCUT2D eigenvalue weighted by molar-refractivity contribution is 0.0827. The number of hydrogen-bond acceptors (Lipinski definition) is 3. The standard InChI is InChI=1S/C13H13N3O2/c1-16(2)13(18)10-8-11(17)14-15-12(10)9-6-4-3-5-7-9/h3-8H,1-2H3,(H,14,17). The predicted octanol–water partition coefficient (Wildman–Crippen LogP) is 1.14. The van der Waals surface area contributed by atoms with E-state index < -0.39 is 0 Å². The molecule has 0 radical (unpaired) electrons. The van der Waals surface area contributed by atoms with Gasteiger partial charge in [-0.2, -0.15) is 5.10 Å². The maximum atomic E-state index is 12.0. The molecule has 1 aromatic heterocycles. The monoisotopic (exact) mass is 243 g/mol. The topological polar surface area (TPSA) is 66.1 Å².